The molecular formula is C15H23N3O2. The van der Waals surface area contributed by atoms with Crippen LogP contribution < -0.4 is 10.9 Å². The number of nitrogens with one attached hydrogen (secondary N) is 1. The Morgan fingerprint density at radius 2 is 1.95 bits per heavy atom. The van der Waals surface area contributed by atoms with E-state index in [1.165, 1.54) is 6.42 Å². The van der Waals surface area contributed by atoms with Gasteiger partial charge in [0.05, 0.1) is 0 Å². The second-order valence-electron chi connectivity index (χ2n) is 5.17. The highest BCUT2D eigenvalue weighted by atomic mass is 16.2. The third-order valence-electron chi connectivity index (χ3n) is 3.65. The summed E-state index contributed by atoms with van der Waals surface area (Å²) in [6, 6.07) is 5.14. The molecule has 5 nitrogen and oxygen atoms in total. The third-order valence-corrected chi connectivity index (χ3v) is 3.65. The number of likely N-dealkylation sites (tertiary alicyclic amines) is 1. The Morgan fingerprint density at radius 1 is 1.15 bits per heavy atom. The van der Waals surface area contributed by atoms with E-state index < -0.39 is 0 Å². The molecule has 20 heavy (non-hydrogen) atoms. The van der Waals surface area contributed by atoms with E-state index in [4.69, 9.17) is 0 Å². The smallest absolute Gasteiger partial charge is 0.250 e. The quantitative estimate of drug-likeness (QED) is 0.784. The number of piperidine rings is 1. The Balaban J connectivity index is 1.60. The first-order valence-corrected chi connectivity index (χ1v) is 7.41. The SMILES string of the molecule is O=C(CCNCCn1ccccc1=O)N1CCCCC1. The minimum Gasteiger partial charge on any atom is -0.343 e. The minimum absolute atomic E-state index is 0.0127. The molecule has 110 valence electrons. The predicted molar refractivity (Wildman–Crippen MR) is 78.6 cm³/mol. The van der Waals surface area contributed by atoms with E-state index in [1.807, 2.05) is 11.0 Å². The largest absolute Gasteiger partial charge is 0.343 e. The third kappa shape index (κ3) is 4.49. The predicted octanol–water partition coefficient (Wildman–Crippen LogP) is 0.840. The molecule has 0 unspecified atom stereocenters. The molecule has 0 radical (unpaired) electrons. The number of carbonyl (C=O) groups excluding carboxylic acids is 1. The van der Waals surface area contributed by atoms with E-state index in [0.717, 1.165) is 25.9 Å². The van der Waals surface area contributed by atoms with Gasteiger partial charge in [0.2, 0.25) is 5.91 Å². The van der Waals surface area contributed by atoms with E-state index in [2.05, 4.69) is 5.32 Å². The number of pyridine rings is 1. The molecule has 5 heteroatoms. The van der Waals surface area contributed by atoms with E-state index >= 15 is 0 Å². The number of rotatable bonds is 6. The molecule has 0 saturated carbocycles. The van der Waals surface area contributed by atoms with Gasteiger partial charge < -0.3 is 14.8 Å². The van der Waals surface area contributed by atoms with Gasteiger partial charge in [-0.2, -0.15) is 0 Å². The zero-order valence-corrected chi connectivity index (χ0v) is 11.9. The minimum atomic E-state index is 0.0127. The van der Waals surface area contributed by atoms with E-state index in [1.54, 1.807) is 22.9 Å². The maximum Gasteiger partial charge on any atom is 0.250 e. The average molecular weight is 277 g/mol. The Morgan fingerprint density at radius 3 is 2.70 bits per heavy atom. The summed E-state index contributed by atoms with van der Waals surface area (Å²) in [6.07, 6.45) is 5.84. The number of amides is 1. The van der Waals surface area contributed by atoms with Crippen molar-refractivity contribution in [3.63, 3.8) is 0 Å². The van der Waals surface area contributed by atoms with Crippen LogP contribution in [0.2, 0.25) is 0 Å². The molecule has 0 atom stereocenters. The van der Waals surface area contributed by atoms with Crippen molar-refractivity contribution < 1.29 is 4.79 Å². The summed E-state index contributed by atoms with van der Waals surface area (Å²) < 4.78 is 1.67. The van der Waals surface area contributed by atoms with Crippen LogP contribution >= 0.6 is 0 Å². The highest BCUT2D eigenvalue weighted by molar-refractivity contribution is 5.76. The van der Waals surface area contributed by atoms with Gasteiger partial charge in [0.25, 0.3) is 5.56 Å². The van der Waals surface area contributed by atoms with Gasteiger partial charge in [-0.3, -0.25) is 9.59 Å². The van der Waals surface area contributed by atoms with Crippen LogP contribution in [0.1, 0.15) is 25.7 Å². The van der Waals surface area contributed by atoms with E-state index in [-0.39, 0.29) is 11.5 Å². The standard InChI is InChI=1S/C15H23N3O2/c19-14-6-2-5-12-18(14)13-9-16-8-7-15(20)17-10-3-1-4-11-17/h2,5-6,12,16H,1,3-4,7-11,13H2. The van der Waals surface area contributed by atoms with Gasteiger partial charge in [0.15, 0.2) is 0 Å². The van der Waals surface area contributed by atoms with Crippen molar-refractivity contribution in [1.82, 2.24) is 14.8 Å². The second-order valence-corrected chi connectivity index (χ2v) is 5.17. The number of hydrogen-bond acceptors (Lipinski definition) is 3. The molecule has 1 aliphatic heterocycles. The summed E-state index contributed by atoms with van der Waals surface area (Å²) in [6.45, 7) is 3.85. The van der Waals surface area contributed by atoms with Crippen LogP contribution in [0.4, 0.5) is 0 Å². The van der Waals surface area contributed by atoms with Crippen LogP contribution in [0.3, 0.4) is 0 Å². The van der Waals surface area contributed by atoms with Crippen molar-refractivity contribution in [2.45, 2.75) is 32.2 Å². The summed E-state index contributed by atoms with van der Waals surface area (Å²) in [5.41, 5.74) is 0.0127. The lowest BCUT2D eigenvalue weighted by atomic mass is 10.1. The molecule has 1 aromatic heterocycles. The molecule has 0 aromatic carbocycles. The van der Waals surface area contributed by atoms with Gasteiger partial charge in [0.1, 0.15) is 0 Å². The van der Waals surface area contributed by atoms with Gasteiger partial charge in [-0.05, 0) is 25.3 Å². The van der Waals surface area contributed by atoms with Crippen LogP contribution in [0.5, 0.6) is 0 Å². The van der Waals surface area contributed by atoms with Crippen LogP contribution in [-0.4, -0.2) is 41.6 Å². The lowest BCUT2D eigenvalue weighted by Crippen LogP contribution is -2.37. The van der Waals surface area contributed by atoms with Crippen LogP contribution in [-0.2, 0) is 11.3 Å². The lowest BCUT2D eigenvalue weighted by molar-refractivity contribution is -0.131. The Kier molecular flexibility index (Phi) is 5.80. The Bertz CT molecular complexity index is 478. The molecule has 0 bridgehead atoms. The topological polar surface area (TPSA) is 54.3 Å². The fourth-order valence-electron chi connectivity index (χ4n) is 2.47. The molecule has 2 heterocycles. The molecule has 0 spiro atoms. The van der Waals surface area contributed by atoms with Crippen molar-refractivity contribution in [3.8, 4) is 0 Å². The van der Waals surface area contributed by atoms with Gasteiger partial charge in [-0.25, -0.2) is 0 Å². The fraction of sp³-hybridized carbons (Fsp3) is 0.600. The average Bonchev–Trinajstić information content (AvgIpc) is 2.49. The van der Waals surface area contributed by atoms with Crippen molar-refractivity contribution >= 4 is 5.91 Å². The summed E-state index contributed by atoms with van der Waals surface area (Å²) in [5, 5.41) is 3.22. The monoisotopic (exact) mass is 277 g/mol. The van der Waals surface area contributed by atoms with Gasteiger partial charge in [-0.15, -0.1) is 0 Å². The van der Waals surface area contributed by atoms with Crippen LogP contribution in [0, 0.1) is 0 Å². The van der Waals surface area contributed by atoms with E-state index in [9.17, 15) is 9.59 Å². The molecule has 1 fully saturated rings. The molecule has 1 N–H and O–H groups in total. The van der Waals surface area contributed by atoms with Gasteiger partial charge in [0, 0.05) is 51.4 Å². The first-order chi connectivity index (χ1) is 9.77. The molecule has 1 aromatic rings. The Hall–Kier alpha value is -1.62. The second kappa shape index (κ2) is 7.85. The molecular weight excluding hydrogens is 254 g/mol. The Labute approximate surface area is 119 Å². The zero-order valence-electron chi connectivity index (χ0n) is 11.9. The maximum atomic E-state index is 11.9. The molecule has 1 amide bonds. The summed E-state index contributed by atoms with van der Waals surface area (Å²) in [4.78, 5) is 25.4. The summed E-state index contributed by atoms with van der Waals surface area (Å²) >= 11 is 0. The first kappa shape index (κ1) is 14.8. The lowest BCUT2D eigenvalue weighted by Gasteiger charge is -2.26. The fourth-order valence-corrected chi connectivity index (χ4v) is 2.47. The first-order valence-electron chi connectivity index (χ1n) is 7.41. The van der Waals surface area contributed by atoms with Crippen LogP contribution in [0.15, 0.2) is 29.2 Å². The number of hydrogen-bond donors (Lipinski definition) is 1. The summed E-state index contributed by atoms with van der Waals surface area (Å²) in [5.74, 6) is 0.245. The van der Waals surface area contributed by atoms with Crippen molar-refractivity contribution in [2.75, 3.05) is 26.2 Å². The van der Waals surface area contributed by atoms with E-state index in [0.29, 0.717) is 26.1 Å². The number of aromatic nitrogens is 1. The van der Waals surface area contributed by atoms with Crippen LogP contribution in [0.25, 0.3) is 0 Å². The van der Waals surface area contributed by atoms with Crippen molar-refractivity contribution in [3.05, 3.63) is 34.7 Å². The van der Waals surface area contributed by atoms with Crippen molar-refractivity contribution in [1.29, 1.82) is 0 Å². The molecule has 0 aliphatic carbocycles. The van der Waals surface area contributed by atoms with Crippen molar-refractivity contribution in [2.24, 2.45) is 0 Å². The zero-order chi connectivity index (χ0) is 14.2. The summed E-state index contributed by atoms with van der Waals surface area (Å²) in [7, 11) is 0. The normalized spacial score (nSPS) is 15.3. The van der Waals surface area contributed by atoms with Gasteiger partial charge in [-0.1, -0.05) is 6.07 Å². The van der Waals surface area contributed by atoms with Gasteiger partial charge >= 0.3 is 0 Å². The molecule has 2 rings (SSSR count). The maximum absolute atomic E-state index is 11.9. The highest BCUT2D eigenvalue weighted by Gasteiger charge is 2.15. The number of nitrogens with zero attached hydrogens (tertiary/aromatic N) is 2. The highest BCUT2D eigenvalue weighted by Crippen LogP contribution is 2.09. The molecule has 1 saturated heterocycles. The number of carbonyl (C=O) groups is 1. The molecule has 1 aliphatic rings.